The van der Waals surface area contributed by atoms with E-state index in [4.69, 9.17) is 32.7 Å². The molecule has 0 saturated carbocycles. The Labute approximate surface area is 284 Å². The van der Waals surface area contributed by atoms with Crippen molar-refractivity contribution >= 4 is 79.0 Å². The Balaban J connectivity index is 0.000000145. The molecule has 0 unspecified atom stereocenters. The number of anilines is 2. The highest BCUT2D eigenvalue weighted by molar-refractivity contribution is 14.1. The fourth-order valence-electron chi connectivity index (χ4n) is 5.75. The predicted octanol–water partition coefficient (Wildman–Crippen LogP) is 8.04. The second kappa shape index (κ2) is 13.6. The minimum absolute atomic E-state index is 0.722. The van der Waals surface area contributed by atoms with Crippen LogP contribution in [-0.4, -0.2) is 73.0 Å². The number of nitrogens with zero attached hydrogens (tertiary/aromatic N) is 4. The zero-order chi connectivity index (χ0) is 30.8. The molecule has 8 nitrogen and oxygen atoms in total. The second-order valence-electron chi connectivity index (χ2n) is 11.0. The molecule has 0 aliphatic carbocycles. The van der Waals surface area contributed by atoms with E-state index in [9.17, 15) is 0 Å². The summed E-state index contributed by atoms with van der Waals surface area (Å²) in [5.74, 6) is 0. The van der Waals surface area contributed by atoms with E-state index in [2.05, 4.69) is 113 Å². The normalized spacial score (nSPS) is 15.4. The Bertz CT molecular complexity index is 1910. The van der Waals surface area contributed by atoms with E-state index in [-0.39, 0.29) is 0 Å². The number of H-pyrrole nitrogens is 2. The van der Waals surface area contributed by atoms with Gasteiger partial charge in [-0.25, -0.2) is 0 Å². The van der Waals surface area contributed by atoms with Crippen molar-refractivity contribution < 1.29 is 9.47 Å². The van der Waals surface area contributed by atoms with Gasteiger partial charge in [0.2, 0.25) is 0 Å². The Hall–Kier alpha value is -3.35. The van der Waals surface area contributed by atoms with Crippen molar-refractivity contribution in [3.05, 3.63) is 92.7 Å². The summed E-state index contributed by atoms with van der Waals surface area (Å²) in [7, 11) is 0. The minimum Gasteiger partial charge on any atom is -0.378 e. The molecule has 4 heterocycles. The quantitative estimate of drug-likeness (QED) is 0.178. The standard InChI is InChI=1S/C17H15ClIN3O.C17H16ClN3O/c18-15-10-16-14(17(19)21-20-16)9-13(15)11-1-3-12(4-2-11)22-5-7-23-8-6-22;18-16-10-17-13(11-19-20-17)9-15(16)12-1-3-14(4-2-12)21-5-7-22-8-6-21/h1-4,9-10H,5-8H2,(H,20,21);1-4,9-11H,5-8H2,(H,19,20). The van der Waals surface area contributed by atoms with Gasteiger partial charge >= 0.3 is 0 Å². The molecule has 45 heavy (non-hydrogen) atoms. The fraction of sp³-hybridized carbons (Fsp3) is 0.235. The lowest BCUT2D eigenvalue weighted by atomic mass is 10.0. The highest BCUT2D eigenvalue weighted by atomic mass is 127. The second-order valence-corrected chi connectivity index (χ2v) is 12.9. The maximum absolute atomic E-state index is 6.45. The number of aromatic amines is 2. The van der Waals surface area contributed by atoms with Gasteiger partial charge in [-0.2, -0.15) is 10.2 Å². The summed E-state index contributed by atoms with van der Waals surface area (Å²) in [4.78, 5) is 4.69. The zero-order valence-electron chi connectivity index (χ0n) is 24.4. The fourth-order valence-corrected chi connectivity index (χ4v) is 6.85. The van der Waals surface area contributed by atoms with Gasteiger partial charge in [0, 0.05) is 59.5 Å². The number of ether oxygens (including phenoxy) is 2. The smallest absolute Gasteiger partial charge is 0.104 e. The van der Waals surface area contributed by atoms with Crippen LogP contribution in [0.25, 0.3) is 44.1 Å². The zero-order valence-corrected chi connectivity index (χ0v) is 28.1. The molecule has 0 spiro atoms. The lowest BCUT2D eigenvalue weighted by Gasteiger charge is -2.29. The van der Waals surface area contributed by atoms with Gasteiger partial charge in [-0.05, 0) is 82.2 Å². The van der Waals surface area contributed by atoms with E-state index in [1.54, 1.807) is 0 Å². The first-order valence-corrected chi connectivity index (χ1v) is 16.7. The molecule has 2 aliphatic rings. The van der Waals surface area contributed by atoms with Gasteiger partial charge in [0.25, 0.3) is 0 Å². The maximum atomic E-state index is 6.45. The number of morpholine rings is 2. The Morgan fingerprint density at radius 2 is 1.20 bits per heavy atom. The number of nitrogens with one attached hydrogen (secondary N) is 2. The molecule has 2 N–H and O–H groups in total. The van der Waals surface area contributed by atoms with Gasteiger partial charge in [-0.1, -0.05) is 47.5 Å². The molecule has 2 aliphatic heterocycles. The third-order valence-corrected chi connectivity index (χ3v) is 9.68. The summed E-state index contributed by atoms with van der Waals surface area (Å²) in [6.45, 7) is 6.96. The van der Waals surface area contributed by atoms with Crippen molar-refractivity contribution in [2.45, 2.75) is 0 Å². The van der Waals surface area contributed by atoms with Crippen LogP contribution in [0.3, 0.4) is 0 Å². The van der Waals surface area contributed by atoms with Crippen molar-refractivity contribution in [3.63, 3.8) is 0 Å². The van der Waals surface area contributed by atoms with E-state index < -0.39 is 0 Å². The molecular weight excluding hydrogens is 722 g/mol. The van der Waals surface area contributed by atoms with E-state index in [1.807, 2.05) is 18.3 Å². The molecule has 0 atom stereocenters. The van der Waals surface area contributed by atoms with Gasteiger partial charge in [0.15, 0.2) is 0 Å². The summed E-state index contributed by atoms with van der Waals surface area (Å²) < 4.78 is 11.8. The van der Waals surface area contributed by atoms with Crippen LogP contribution in [0.4, 0.5) is 11.4 Å². The average Bonchev–Trinajstić information content (AvgIpc) is 3.70. The number of rotatable bonds is 4. The molecule has 8 rings (SSSR count). The van der Waals surface area contributed by atoms with E-state index >= 15 is 0 Å². The van der Waals surface area contributed by atoms with Crippen molar-refractivity contribution in [2.24, 2.45) is 0 Å². The summed E-state index contributed by atoms with van der Waals surface area (Å²) in [6, 6.07) is 25.1. The number of hydrogen-bond acceptors (Lipinski definition) is 6. The molecule has 4 aromatic carbocycles. The highest BCUT2D eigenvalue weighted by Gasteiger charge is 2.14. The van der Waals surface area contributed by atoms with Gasteiger partial charge in [0.05, 0.1) is 53.7 Å². The van der Waals surface area contributed by atoms with Gasteiger partial charge in [-0.3, -0.25) is 10.2 Å². The number of halogens is 3. The van der Waals surface area contributed by atoms with Gasteiger partial charge in [-0.15, -0.1) is 0 Å². The van der Waals surface area contributed by atoms with Crippen LogP contribution in [0.1, 0.15) is 0 Å². The molecule has 0 radical (unpaired) electrons. The third-order valence-electron chi connectivity index (χ3n) is 8.23. The topological polar surface area (TPSA) is 82.3 Å². The molecule has 2 aromatic heterocycles. The Kier molecular flexibility index (Phi) is 9.13. The number of fused-ring (bicyclic) bond motifs is 2. The summed E-state index contributed by atoms with van der Waals surface area (Å²) in [5.41, 5.74) is 8.61. The van der Waals surface area contributed by atoms with Crippen LogP contribution in [0.5, 0.6) is 0 Å². The Morgan fingerprint density at radius 1 is 0.667 bits per heavy atom. The van der Waals surface area contributed by atoms with Gasteiger partial charge in [0.1, 0.15) is 3.70 Å². The maximum Gasteiger partial charge on any atom is 0.104 e. The summed E-state index contributed by atoms with van der Waals surface area (Å²) in [5, 5.41) is 17.9. The minimum atomic E-state index is 0.722. The lowest BCUT2D eigenvalue weighted by molar-refractivity contribution is 0.122. The molecule has 230 valence electrons. The predicted molar refractivity (Wildman–Crippen MR) is 192 cm³/mol. The number of benzene rings is 4. The molecule has 2 fully saturated rings. The molecule has 2 saturated heterocycles. The van der Waals surface area contributed by atoms with E-state index in [0.717, 1.165) is 110 Å². The first-order valence-electron chi connectivity index (χ1n) is 14.9. The number of hydrogen-bond donors (Lipinski definition) is 2. The molecule has 0 amide bonds. The summed E-state index contributed by atoms with van der Waals surface area (Å²) in [6.07, 6.45) is 1.82. The van der Waals surface area contributed by atoms with E-state index in [0.29, 0.717) is 0 Å². The SMILES string of the molecule is Clc1cc2[nH]ncc2cc1-c1ccc(N2CCOCC2)cc1.Clc1cc2n[nH]c(I)c2cc1-c1ccc(N2CCOCC2)cc1. The summed E-state index contributed by atoms with van der Waals surface area (Å²) >= 11 is 15.1. The third kappa shape index (κ3) is 6.64. The van der Waals surface area contributed by atoms with Crippen LogP contribution in [-0.2, 0) is 9.47 Å². The average molecular weight is 753 g/mol. The molecule has 11 heteroatoms. The number of aromatic nitrogens is 4. The Morgan fingerprint density at radius 3 is 1.78 bits per heavy atom. The van der Waals surface area contributed by atoms with Crippen LogP contribution in [0.15, 0.2) is 79.0 Å². The van der Waals surface area contributed by atoms with Crippen molar-refractivity contribution in [2.75, 3.05) is 62.4 Å². The van der Waals surface area contributed by atoms with Crippen molar-refractivity contribution in [1.29, 1.82) is 0 Å². The van der Waals surface area contributed by atoms with Crippen LogP contribution in [0, 0.1) is 3.70 Å². The van der Waals surface area contributed by atoms with Crippen LogP contribution in [0.2, 0.25) is 10.0 Å². The highest BCUT2D eigenvalue weighted by Crippen LogP contribution is 2.35. The first-order chi connectivity index (χ1) is 22.0. The van der Waals surface area contributed by atoms with Crippen molar-refractivity contribution in [1.82, 2.24) is 20.4 Å². The van der Waals surface area contributed by atoms with Gasteiger partial charge < -0.3 is 19.3 Å². The first kappa shape index (κ1) is 30.3. The van der Waals surface area contributed by atoms with Crippen LogP contribution >= 0.6 is 45.8 Å². The lowest BCUT2D eigenvalue weighted by Crippen LogP contribution is -2.36. The molecule has 6 aromatic rings. The molecular formula is C34H31Cl2IN6O2. The molecule has 0 bridgehead atoms. The largest absolute Gasteiger partial charge is 0.378 e. The van der Waals surface area contributed by atoms with Crippen LogP contribution < -0.4 is 9.80 Å². The van der Waals surface area contributed by atoms with Crippen molar-refractivity contribution in [3.8, 4) is 22.3 Å². The monoisotopic (exact) mass is 752 g/mol. The van der Waals surface area contributed by atoms with E-state index in [1.165, 1.54) is 11.4 Å².